The van der Waals surface area contributed by atoms with Crippen LogP contribution in [0.5, 0.6) is 0 Å². The molecule has 1 amide bonds. The minimum Gasteiger partial charge on any atom is -0.479 e. The van der Waals surface area contributed by atoms with Crippen LogP contribution in [0.15, 0.2) is 42.5 Å². The number of amides is 1. The molecule has 3 aromatic rings. The monoisotopic (exact) mass is 587 g/mol. The van der Waals surface area contributed by atoms with E-state index in [0.717, 1.165) is 59.6 Å². The molecule has 1 atom stereocenters. The van der Waals surface area contributed by atoms with Crippen molar-refractivity contribution in [1.82, 2.24) is 9.88 Å². The van der Waals surface area contributed by atoms with E-state index in [0.29, 0.717) is 29.9 Å². The summed E-state index contributed by atoms with van der Waals surface area (Å²) in [5.74, 6) is -1.57. The molecule has 1 unspecified atom stereocenters. The number of carboxylic acid groups (broad SMARTS) is 1. The van der Waals surface area contributed by atoms with Gasteiger partial charge in [0.05, 0.1) is 11.3 Å². The molecule has 1 aromatic heterocycles. The van der Waals surface area contributed by atoms with Crippen LogP contribution in [0.3, 0.4) is 0 Å². The van der Waals surface area contributed by atoms with Gasteiger partial charge in [0.2, 0.25) is 0 Å². The highest BCUT2D eigenvalue weighted by molar-refractivity contribution is 5.94. The van der Waals surface area contributed by atoms with Gasteiger partial charge in [-0.15, -0.1) is 0 Å². The number of hydrogen-bond acceptors (Lipinski definition) is 5. The number of ether oxygens (including phenoxy) is 1. The van der Waals surface area contributed by atoms with Crippen LogP contribution in [0.2, 0.25) is 0 Å². The number of rotatable bonds is 6. The standard InChI is InChI=1S/C35H42FN3O4/c1-21-28(24-8-9-25-19-39(20-26(25)18-24)32(40)23-10-12-27(36)13-11-23)30(38-16-14-35(6,7)15-17-38)29(22(2)37-21)31(33(41)42)43-34(3,4)5/h8-13,18,31H,14-17,19-20H2,1-7H3,(H,41,42). The molecule has 3 heterocycles. The molecular weight excluding hydrogens is 545 g/mol. The highest BCUT2D eigenvalue weighted by Crippen LogP contribution is 2.45. The lowest BCUT2D eigenvalue weighted by atomic mass is 9.81. The first kappa shape index (κ1) is 30.7. The molecule has 2 aliphatic heterocycles. The maximum atomic E-state index is 13.4. The molecule has 1 N–H and O–H groups in total. The second-order valence-corrected chi connectivity index (χ2v) is 13.7. The van der Waals surface area contributed by atoms with Crippen molar-refractivity contribution in [1.29, 1.82) is 0 Å². The molecule has 5 rings (SSSR count). The molecule has 1 fully saturated rings. The van der Waals surface area contributed by atoms with Gasteiger partial charge in [-0.05, 0) is 99.9 Å². The number of anilines is 1. The van der Waals surface area contributed by atoms with Gasteiger partial charge < -0.3 is 19.6 Å². The summed E-state index contributed by atoms with van der Waals surface area (Å²) >= 11 is 0. The molecule has 0 radical (unpaired) electrons. The van der Waals surface area contributed by atoms with E-state index in [1.54, 1.807) is 4.90 Å². The maximum Gasteiger partial charge on any atom is 0.337 e. The molecule has 228 valence electrons. The third kappa shape index (κ3) is 6.44. The molecule has 8 heteroatoms. The Morgan fingerprint density at radius 3 is 2.21 bits per heavy atom. The van der Waals surface area contributed by atoms with Gasteiger partial charge >= 0.3 is 5.97 Å². The quantitative estimate of drug-likeness (QED) is 0.328. The fourth-order valence-corrected chi connectivity index (χ4v) is 6.22. The Labute approximate surface area is 253 Å². The number of carboxylic acids is 1. The Kier molecular flexibility index (Phi) is 8.11. The van der Waals surface area contributed by atoms with Gasteiger partial charge in [-0.1, -0.05) is 26.0 Å². The van der Waals surface area contributed by atoms with Gasteiger partial charge in [-0.25, -0.2) is 9.18 Å². The van der Waals surface area contributed by atoms with E-state index < -0.39 is 17.7 Å². The normalized spacial score (nSPS) is 17.1. The summed E-state index contributed by atoms with van der Waals surface area (Å²) in [6.45, 7) is 16.5. The van der Waals surface area contributed by atoms with E-state index in [1.807, 2.05) is 46.8 Å². The van der Waals surface area contributed by atoms with E-state index in [9.17, 15) is 19.1 Å². The fourth-order valence-electron chi connectivity index (χ4n) is 6.22. The van der Waals surface area contributed by atoms with Crippen LogP contribution in [0.1, 0.15) is 92.0 Å². The lowest BCUT2D eigenvalue weighted by Crippen LogP contribution is -2.39. The van der Waals surface area contributed by atoms with Crippen LogP contribution in [0, 0.1) is 25.1 Å². The SMILES string of the molecule is Cc1nc(C)c(C(OC(C)(C)C)C(=O)O)c(N2CCC(C)(C)CC2)c1-c1ccc2c(c1)CN(C(=O)c1ccc(F)cc1)C2. The molecule has 2 aromatic carbocycles. The van der Waals surface area contributed by atoms with Crippen molar-refractivity contribution >= 4 is 17.6 Å². The summed E-state index contributed by atoms with van der Waals surface area (Å²) in [4.78, 5) is 34.9. The highest BCUT2D eigenvalue weighted by Gasteiger charge is 2.37. The van der Waals surface area contributed by atoms with Crippen LogP contribution < -0.4 is 4.90 Å². The number of benzene rings is 2. The van der Waals surface area contributed by atoms with Crippen molar-refractivity contribution in [3.05, 3.63) is 81.9 Å². The van der Waals surface area contributed by atoms with Crippen molar-refractivity contribution in [3.8, 4) is 11.1 Å². The predicted molar refractivity (Wildman–Crippen MR) is 166 cm³/mol. The molecule has 0 bridgehead atoms. The van der Waals surface area contributed by atoms with Crippen molar-refractivity contribution in [2.24, 2.45) is 5.41 Å². The van der Waals surface area contributed by atoms with E-state index in [4.69, 9.17) is 9.72 Å². The van der Waals surface area contributed by atoms with Gasteiger partial charge in [0.25, 0.3) is 5.91 Å². The largest absolute Gasteiger partial charge is 0.479 e. The number of nitrogens with zero attached hydrogens (tertiary/aromatic N) is 3. The first-order chi connectivity index (χ1) is 20.1. The van der Waals surface area contributed by atoms with Crippen molar-refractivity contribution in [3.63, 3.8) is 0 Å². The lowest BCUT2D eigenvalue weighted by molar-refractivity contribution is -0.160. The number of piperidine rings is 1. The van der Waals surface area contributed by atoms with E-state index >= 15 is 0 Å². The number of carbonyl (C=O) groups is 2. The van der Waals surface area contributed by atoms with E-state index in [2.05, 4.69) is 24.8 Å². The third-order valence-electron chi connectivity index (χ3n) is 8.57. The van der Waals surface area contributed by atoms with Crippen LogP contribution in [0.25, 0.3) is 11.1 Å². The van der Waals surface area contributed by atoms with Gasteiger partial charge in [0.1, 0.15) is 5.82 Å². The van der Waals surface area contributed by atoms with Crippen LogP contribution >= 0.6 is 0 Å². The minimum absolute atomic E-state index is 0.145. The number of aromatic nitrogens is 1. The fraction of sp³-hybridized carbons (Fsp3) is 0.457. The average Bonchev–Trinajstić information content (AvgIpc) is 3.35. The topological polar surface area (TPSA) is 83.0 Å². The average molecular weight is 588 g/mol. The lowest BCUT2D eigenvalue weighted by Gasteiger charge is -2.41. The summed E-state index contributed by atoms with van der Waals surface area (Å²) in [5.41, 5.74) is 6.81. The summed E-state index contributed by atoms with van der Waals surface area (Å²) in [7, 11) is 0. The van der Waals surface area contributed by atoms with Crippen molar-refractivity contribution in [2.75, 3.05) is 18.0 Å². The molecule has 0 spiro atoms. The third-order valence-corrected chi connectivity index (χ3v) is 8.57. The smallest absolute Gasteiger partial charge is 0.337 e. The molecule has 43 heavy (non-hydrogen) atoms. The number of aliphatic carboxylic acids is 1. The summed E-state index contributed by atoms with van der Waals surface area (Å²) in [5, 5.41) is 10.4. The summed E-state index contributed by atoms with van der Waals surface area (Å²) in [6, 6.07) is 11.8. The van der Waals surface area contributed by atoms with Gasteiger partial charge in [0, 0.05) is 54.3 Å². The molecule has 0 aliphatic carbocycles. The summed E-state index contributed by atoms with van der Waals surface area (Å²) in [6.07, 6.45) is 0.777. The first-order valence-corrected chi connectivity index (χ1v) is 15.0. The molecule has 0 saturated carbocycles. The Bertz CT molecular complexity index is 1550. The first-order valence-electron chi connectivity index (χ1n) is 15.0. The summed E-state index contributed by atoms with van der Waals surface area (Å²) < 4.78 is 19.6. The van der Waals surface area contributed by atoms with Gasteiger partial charge in [-0.3, -0.25) is 9.78 Å². The second-order valence-electron chi connectivity index (χ2n) is 13.7. The second kappa shape index (κ2) is 11.4. The molecular formula is C35H42FN3O4. The van der Waals surface area contributed by atoms with E-state index in [-0.39, 0.29) is 17.1 Å². The van der Waals surface area contributed by atoms with Crippen LogP contribution in [-0.2, 0) is 22.6 Å². The van der Waals surface area contributed by atoms with Gasteiger partial charge in [0.15, 0.2) is 6.10 Å². The molecule has 1 saturated heterocycles. The number of hydrogen-bond donors (Lipinski definition) is 1. The Hall–Kier alpha value is -3.78. The van der Waals surface area contributed by atoms with Crippen LogP contribution in [0.4, 0.5) is 10.1 Å². The Morgan fingerprint density at radius 1 is 0.977 bits per heavy atom. The Morgan fingerprint density at radius 2 is 1.60 bits per heavy atom. The number of pyridine rings is 1. The molecule has 2 aliphatic rings. The number of aryl methyl sites for hydroxylation is 2. The highest BCUT2D eigenvalue weighted by atomic mass is 19.1. The van der Waals surface area contributed by atoms with Crippen molar-refractivity contribution in [2.45, 2.75) is 86.1 Å². The van der Waals surface area contributed by atoms with Crippen molar-refractivity contribution < 1.29 is 23.8 Å². The zero-order chi connectivity index (χ0) is 31.3. The maximum absolute atomic E-state index is 13.4. The minimum atomic E-state index is -1.19. The predicted octanol–water partition coefficient (Wildman–Crippen LogP) is 7.23. The van der Waals surface area contributed by atoms with Crippen LogP contribution in [-0.4, -0.2) is 45.6 Å². The van der Waals surface area contributed by atoms with E-state index in [1.165, 1.54) is 24.3 Å². The Balaban J connectivity index is 1.60. The molecule has 7 nitrogen and oxygen atoms in total. The number of carbonyl (C=O) groups excluding carboxylic acids is 1. The number of fused-ring (bicyclic) bond motifs is 1. The number of halogens is 1. The zero-order valence-corrected chi connectivity index (χ0v) is 26.3. The zero-order valence-electron chi connectivity index (χ0n) is 26.3. The van der Waals surface area contributed by atoms with Gasteiger partial charge in [-0.2, -0.15) is 0 Å².